The Balaban J connectivity index is 2.73. The second-order valence-corrected chi connectivity index (χ2v) is 4.14. The molecule has 0 aliphatic rings. The third kappa shape index (κ3) is 1.80. The number of carboxylic acids is 1. The van der Waals surface area contributed by atoms with E-state index in [1.807, 2.05) is 42.7 Å². The molecule has 1 aromatic heterocycles. The van der Waals surface area contributed by atoms with Gasteiger partial charge in [-0.3, -0.25) is 4.79 Å². The summed E-state index contributed by atoms with van der Waals surface area (Å²) in [7, 11) is 0. The number of aromatic nitrogens is 1. The highest BCUT2D eigenvalue weighted by Crippen LogP contribution is 2.26. The predicted molar refractivity (Wildman–Crippen MR) is 66.9 cm³/mol. The average Bonchev–Trinajstić information content (AvgIpc) is 2.67. The van der Waals surface area contributed by atoms with Crippen molar-refractivity contribution in [3.05, 3.63) is 35.5 Å². The molecule has 0 aliphatic heterocycles. The van der Waals surface area contributed by atoms with Gasteiger partial charge in [-0.05, 0) is 25.5 Å². The number of aliphatic carboxylic acids is 1. The van der Waals surface area contributed by atoms with Gasteiger partial charge in [0, 0.05) is 17.6 Å². The van der Waals surface area contributed by atoms with Gasteiger partial charge >= 0.3 is 5.97 Å². The first kappa shape index (κ1) is 11.7. The van der Waals surface area contributed by atoms with E-state index < -0.39 is 12.0 Å². The highest BCUT2D eigenvalue weighted by Gasteiger charge is 2.20. The van der Waals surface area contributed by atoms with Crippen LogP contribution in [0.2, 0.25) is 0 Å². The van der Waals surface area contributed by atoms with Gasteiger partial charge in [0.1, 0.15) is 6.04 Å². The van der Waals surface area contributed by atoms with Crippen molar-refractivity contribution >= 4 is 16.9 Å². The summed E-state index contributed by atoms with van der Waals surface area (Å²) >= 11 is 0. The topological polar surface area (TPSA) is 68.2 Å². The standard InChI is InChI=1S/C13H16N2O2/c1-3-15-10(11(14)13(16)17)7-9-6-4-5-8(2)12(9)15/h4-7,11H,3,14H2,1-2H3,(H,16,17). The van der Waals surface area contributed by atoms with Gasteiger partial charge in [0.2, 0.25) is 0 Å². The number of nitrogens with zero attached hydrogens (tertiary/aromatic N) is 1. The van der Waals surface area contributed by atoms with E-state index >= 15 is 0 Å². The SMILES string of the molecule is CCn1c(C(N)C(=O)O)cc2cccc(C)c21. The Bertz CT molecular complexity index is 572. The number of benzene rings is 1. The summed E-state index contributed by atoms with van der Waals surface area (Å²) in [6.07, 6.45) is 0. The molecule has 0 amide bonds. The van der Waals surface area contributed by atoms with Crippen LogP contribution in [0.3, 0.4) is 0 Å². The predicted octanol–water partition coefficient (Wildman–Crippen LogP) is 2.05. The molecule has 17 heavy (non-hydrogen) atoms. The van der Waals surface area contributed by atoms with Crippen molar-refractivity contribution in [3.63, 3.8) is 0 Å². The molecule has 1 aromatic carbocycles. The summed E-state index contributed by atoms with van der Waals surface area (Å²) in [6, 6.07) is 6.86. The van der Waals surface area contributed by atoms with Gasteiger partial charge in [-0.25, -0.2) is 0 Å². The van der Waals surface area contributed by atoms with Crippen LogP contribution in [0.25, 0.3) is 10.9 Å². The van der Waals surface area contributed by atoms with E-state index in [-0.39, 0.29) is 0 Å². The van der Waals surface area contributed by atoms with E-state index in [2.05, 4.69) is 0 Å². The van der Waals surface area contributed by atoms with Gasteiger partial charge in [0.05, 0.1) is 5.52 Å². The van der Waals surface area contributed by atoms with Crippen molar-refractivity contribution in [2.45, 2.75) is 26.4 Å². The van der Waals surface area contributed by atoms with Gasteiger partial charge in [-0.15, -0.1) is 0 Å². The molecule has 4 nitrogen and oxygen atoms in total. The van der Waals surface area contributed by atoms with Crippen molar-refractivity contribution in [1.82, 2.24) is 4.57 Å². The van der Waals surface area contributed by atoms with Crippen LogP contribution in [-0.2, 0) is 11.3 Å². The Morgan fingerprint density at radius 1 is 1.53 bits per heavy atom. The monoisotopic (exact) mass is 232 g/mol. The van der Waals surface area contributed by atoms with E-state index in [0.29, 0.717) is 12.2 Å². The Labute approximate surface area is 99.7 Å². The molecule has 4 heteroatoms. The lowest BCUT2D eigenvalue weighted by atomic mass is 10.1. The molecule has 1 unspecified atom stereocenters. The normalized spacial score (nSPS) is 12.9. The molecule has 0 saturated heterocycles. The molecule has 2 rings (SSSR count). The van der Waals surface area contributed by atoms with Crippen LogP contribution < -0.4 is 5.73 Å². The minimum atomic E-state index is -1.000. The molecule has 2 aromatic rings. The van der Waals surface area contributed by atoms with Crippen molar-refractivity contribution in [3.8, 4) is 0 Å². The molecule has 0 fully saturated rings. The fraction of sp³-hybridized carbons (Fsp3) is 0.308. The second-order valence-electron chi connectivity index (χ2n) is 4.14. The smallest absolute Gasteiger partial charge is 0.326 e. The molecule has 0 spiro atoms. The summed E-state index contributed by atoms with van der Waals surface area (Å²) in [6.45, 7) is 4.72. The third-order valence-electron chi connectivity index (χ3n) is 3.05. The summed E-state index contributed by atoms with van der Waals surface area (Å²) in [5, 5.41) is 10.1. The van der Waals surface area contributed by atoms with Crippen LogP contribution in [0, 0.1) is 6.92 Å². The zero-order valence-corrected chi connectivity index (χ0v) is 9.97. The van der Waals surface area contributed by atoms with E-state index in [1.54, 1.807) is 0 Å². The largest absolute Gasteiger partial charge is 0.480 e. The lowest BCUT2D eigenvalue weighted by Gasteiger charge is -2.12. The van der Waals surface area contributed by atoms with Crippen LogP contribution in [0.1, 0.15) is 24.2 Å². The van der Waals surface area contributed by atoms with Crippen LogP contribution in [0.5, 0.6) is 0 Å². The molecule has 0 saturated carbocycles. The fourth-order valence-corrected chi connectivity index (χ4v) is 2.26. The van der Waals surface area contributed by atoms with E-state index in [4.69, 9.17) is 10.8 Å². The number of nitrogens with two attached hydrogens (primary N) is 1. The van der Waals surface area contributed by atoms with Crippen molar-refractivity contribution in [1.29, 1.82) is 0 Å². The van der Waals surface area contributed by atoms with Gasteiger partial charge in [0.15, 0.2) is 0 Å². The van der Waals surface area contributed by atoms with Gasteiger partial charge in [-0.2, -0.15) is 0 Å². The van der Waals surface area contributed by atoms with Crippen LogP contribution >= 0.6 is 0 Å². The van der Waals surface area contributed by atoms with Crippen LogP contribution in [0.15, 0.2) is 24.3 Å². The molecule has 1 atom stereocenters. The molecule has 3 N–H and O–H groups in total. The fourth-order valence-electron chi connectivity index (χ4n) is 2.26. The maximum Gasteiger partial charge on any atom is 0.326 e. The van der Waals surface area contributed by atoms with Crippen molar-refractivity contribution in [2.24, 2.45) is 5.73 Å². The summed E-state index contributed by atoms with van der Waals surface area (Å²) < 4.78 is 1.98. The first-order chi connectivity index (χ1) is 8.06. The van der Waals surface area contributed by atoms with Crippen molar-refractivity contribution in [2.75, 3.05) is 0 Å². The maximum absolute atomic E-state index is 11.0. The van der Waals surface area contributed by atoms with Crippen LogP contribution in [0.4, 0.5) is 0 Å². The number of fused-ring (bicyclic) bond motifs is 1. The zero-order valence-electron chi connectivity index (χ0n) is 9.97. The van der Waals surface area contributed by atoms with Gasteiger partial charge < -0.3 is 15.4 Å². The Hall–Kier alpha value is -1.81. The minimum Gasteiger partial charge on any atom is -0.480 e. The Morgan fingerprint density at radius 2 is 2.24 bits per heavy atom. The first-order valence-electron chi connectivity index (χ1n) is 5.63. The maximum atomic E-state index is 11.0. The zero-order chi connectivity index (χ0) is 12.6. The summed E-state index contributed by atoms with van der Waals surface area (Å²) in [5.74, 6) is -1.000. The van der Waals surface area contributed by atoms with Crippen molar-refractivity contribution < 1.29 is 9.90 Å². The van der Waals surface area contributed by atoms with E-state index in [1.165, 1.54) is 0 Å². The molecular weight excluding hydrogens is 216 g/mol. The number of hydrogen-bond donors (Lipinski definition) is 2. The second kappa shape index (κ2) is 4.22. The summed E-state index contributed by atoms with van der Waals surface area (Å²) in [4.78, 5) is 11.0. The molecule has 1 heterocycles. The minimum absolute atomic E-state index is 0.657. The molecule has 0 radical (unpaired) electrons. The highest BCUT2D eigenvalue weighted by atomic mass is 16.4. The number of carboxylic acid groups (broad SMARTS) is 1. The molecular formula is C13H16N2O2. The lowest BCUT2D eigenvalue weighted by Crippen LogP contribution is -2.23. The van der Waals surface area contributed by atoms with E-state index in [9.17, 15) is 4.79 Å². The van der Waals surface area contributed by atoms with Gasteiger partial charge in [-0.1, -0.05) is 18.2 Å². The number of aryl methyl sites for hydroxylation is 2. The lowest BCUT2D eigenvalue weighted by molar-refractivity contribution is -0.138. The molecule has 0 aliphatic carbocycles. The Morgan fingerprint density at radius 3 is 2.82 bits per heavy atom. The molecule has 0 bridgehead atoms. The van der Waals surface area contributed by atoms with Gasteiger partial charge in [0.25, 0.3) is 0 Å². The quantitative estimate of drug-likeness (QED) is 0.851. The first-order valence-corrected chi connectivity index (χ1v) is 5.63. The average molecular weight is 232 g/mol. The summed E-state index contributed by atoms with van der Waals surface area (Å²) in [5.41, 5.74) is 8.57. The molecule has 90 valence electrons. The number of hydrogen-bond acceptors (Lipinski definition) is 2. The third-order valence-corrected chi connectivity index (χ3v) is 3.05. The number of carbonyl (C=O) groups is 1. The highest BCUT2D eigenvalue weighted by molar-refractivity contribution is 5.86. The number of rotatable bonds is 3. The number of para-hydroxylation sites is 1. The Kier molecular flexibility index (Phi) is 2.90. The van der Waals surface area contributed by atoms with E-state index in [0.717, 1.165) is 16.5 Å². The van der Waals surface area contributed by atoms with Crippen LogP contribution in [-0.4, -0.2) is 15.6 Å².